The van der Waals surface area contributed by atoms with Gasteiger partial charge >= 0.3 is 0 Å². The van der Waals surface area contributed by atoms with E-state index < -0.39 is 0 Å². The number of nitrogens with zero attached hydrogens (tertiary/aromatic N) is 1. The third-order valence-corrected chi connectivity index (χ3v) is 4.57. The highest BCUT2D eigenvalue weighted by Crippen LogP contribution is 2.14. The summed E-state index contributed by atoms with van der Waals surface area (Å²) in [5, 5.41) is 3.12. The number of hydrogen-bond donors (Lipinski definition) is 1. The van der Waals surface area contributed by atoms with Gasteiger partial charge in [-0.15, -0.1) is 0 Å². The molecule has 134 valence electrons. The van der Waals surface area contributed by atoms with Crippen molar-refractivity contribution in [2.75, 3.05) is 6.54 Å². The summed E-state index contributed by atoms with van der Waals surface area (Å²) in [7, 11) is 0. The number of benzene rings is 2. The van der Waals surface area contributed by atoms with Crippen LogP contribution < -0.4 is 5.32 Å². The van der Waals surface area contributed by atoms with Crippen LogP contribution in [-0.2, 0) is 17.8 Å². The molecule has 0 saturated heterocycles. The molecule has 0 radical (unpaired) electrons. The first-order chi connectivity index (χ1) is 12.0. The normalized spacial score (nSPS) is 12.4. The van der Waals surface area contributed by atoms with Gasteiger partial charge in [0.05, 0.1) is 12.6 Å². The van der Waals surface area contributed by atoms with Gasteiger partial charge in [0.15, 0.2) is 0 Å². The summed E-state index contributed by atoms with van der Waals surface area (Å²) in [6, 6.07) is 19.1. The van der Waals surface area contributed by atoms with Gasteiger partial charge in [-0.3, -0.25) is 9.69 Å². The van der Waals surface area contributed by atoms with E-state index in [1.54, 1.807) is 0 Å². The van der Waals surface area contributed by atoms with Gasteiger partial charge in [0.25, 0.3) is 0 Å². The van der Waals surface area contributed by atoms with Crippen LogP contribution in [0, 0.1) is 0 Å². The summed E-state index contributed by atoms with van der Waals surface area (Å²) in [4.78, 5) is 14.7. The number of carbonyl (C=O) groups excluding carboxylic acids is 1. The predicted molar refractivity (Wildman–Crippen MR) is 104 cm³/mol. The van der Waals surface area contributed by atoms with Crippen molar-refractivity contribution < 1.29 is 4.79 Å². The van der Waals surface area contributed by atoms with Gasteiger partial charge < -0.3 is 5.32 Å². The summed E-state index contributed by atoms with van der Waals surface area (Å²) in [6.45, 7) is 9.63. The molecule has 25 heavy (non-hydrogen) atoms. The lowest BCUT2D eigenvalue weighted by atomic mass is 10.0. The number of hydrogen-bond acceptors (Lipinski definition) is 2. The van der Waals surface area contributed by atoms with E-state index in [0.29, 0.717) is 12.6 Å². The third kappa shape index (κ3) is 6.02. The van der Waals surface area contributed by atoms with Crippen LogP contribution in [0.3, 0.4) is 0 Å². The second kappa shape index (κ2) is 9.38. The maximum atomic E-state index is 12.5. The third-order valence-electron chi connectivity index (χ3n) is 4.57. The number of amides is 1. The fourth-order valence-corrected chi connectivity index (χ4v) is 2.84. The lowest BCUT2D eigenvalue weighted by Gasteiger charge is -2.27. The molecule has 0 aliphatic carbocycles. The molecule has 2 aromatic carbocycles. The van der Waals surface area contributed by atoms with Crippen molar-refractivity contribution in [1.29, 1.82) is 0 Å². The minimum Gasteiger partial charge on any atom is -0.348 e. The van der Waals surface area contributed by atoms with Gasteiger partial charge in [-0.05, 0) is 43.9 Å². The van der Waals surface area contributed by atoms with E-state index in [2.05, 4.69) is 67.4 Å². The molecule has 3 nitrogen and oxygen atoms in total. The Labute approximate surface area is 152 Å². The van der Waals surface area contributed by atoms with Gasteiger partial charge in [-0.25, -0.2) is 0 Å². The standard InChI is InChI=1S/C22H30N2O/c1-5-19-11-13-21(14-12-19)18(4)23-22(25)16-24(17(2)3)15-20-9-7-6-8-10-20/h6-14,17-18H,5,15-16H2,1-4H3,(H,23,25). The summed E-state index contributed by atoms with van der Waals surface area (Å²) in [5.74, 6) is 0.0664. The lowest BCUT2D eigenvalue weighted by Crippen LogP contribution is -2.41. The molecule has 2 rings (SSSR count). The molecule has 1 unspecified atom stereocenters. The summed E-state index contributed by atoms with van der Waals surface area (Å²) >= 11 is 0. The van der Waals surface area contributed by atoms with Crippen LogP contribution in [0.2, 0.25) is 0 Å². The average Bonchev–Trinajstić information content (AvgIpc) is 2.62. The first kappa shape index (κ1) is 19.2. The molecule has 0 aliphatic heterocycles. The zero-order valence-corrected chi connectivity index (χ0v) is 15.8. The monoisotopic (exact) mass is 338 g/mol. The molecule has 1 N–H and O–H groups in total. The number of nitrogens with one attached hydrogen (secondary N) is 1. The molecule has 0 aromatic heterocycles. The van der Waals surface area contributed by atoms with E-state index in [1.165, 1.54) is 11.1 Å². The van der Waals surface area contributed by atoms with Gasteiger partial charge in [-0.1, -0.05) is 61.5 Å². The van der Waals surface area contributed by atoms with E-state index in [-0.39, 0.29) is 11.9 Å². The maximum Gasteiger partial charge on any atom is 0.234 e. The van der Waals surface area contributed by atoms with Crippen LogP contribution in [-0.4, -0.2) is 23.4 Å². The van der Waals surface area contributed by atoms with Gasteiger partial charge in [0.1, 0.15) is 0 Å². The SMILES string of the molecule is CCc1ccc(C(C)NC(=O)CN(Cc2ccccc2)C(C)C)cc1. The van der Waals surface area contributed by atoms with E-state index in [1.807, 2.05) is 25.1 Å². The highest BCUT2D eigenvalue weighted by Gasteiger charge is 2.16. The molecule has 0 heterocycles. The Kier molecular flexibility index (Phi) is 7.20. The van der Waals surface area contributed by atoms with Crippen LogP contribution in [0.1, 0.15) is 50.4 Å². The largest absolute Gasteiger partial charge is 0.348 e. The molecule has 2 aromatic rings. The zero-order valence-electron chi connectivity index (χ0n) is 15.8. The number of carbonyl (C=O) groups is 1. The van der Waals surface area contributed by atoms with Crippen LogP contribution in [0.15, 0.2) is 54.6 Å². The molecular weight excluding hydrogens is 308 g/mol. The van der Waals surface area contributed by atoms with E-state index in [9.17, 15) is 4.79 Å². The van der Waals surface area contributed by atoms with Crippen molar-refractivity contribution in [3.05, 3.63) is 71.3 Å². The second-order valence-electron chi connectivity index (χ2n) is 6.87. The molecular formula is C22H30N2O. The minimum absolute atomic E-state index is 0.0177. The summed E-state index contributed by atoms with van der Waals surface area (Å²) in [6.07, 6.45) is 1.03. The fraction of sp³-hybridized carbons (Fsp3) is 0.409. The molecule has 3 heteroatoms. The molecule has 0 saturated carbocycles. The quantitative estimate of drug-likeness (QED) is 0.777. The Balaban J connectivity index is 1.93. The summed E-state index contributed by atoms with van der Waals surface area (Å²) < 4.78 is 0. The highest BCUT2D eigenvalue weighted by molar-refractivity contribution is 5.78. The van der Waals surface area contributed by atoms with Crippen molar-refractivity contribution in [2.24, 2.45) is 0 Å². The predicted octanol–water partition coefficient (Wildman–Crippen LogP) is 4.34. The number of aryl methyl sites for hydroxylation is 1. The smallest absolute Gasteiger partial charge is 0.234 e. The topological polar surface area (TPSA) is 32.3 Å². The molecule has 0 bridgehead atoms. The second-order valence-corrected chi connectivity index (χ2v) is 6.87. The highest BCUT2D eigenvalue weighted by atomic mass is 16.2. The Morgan fingerprint density at radius 2 is 1.60 bits per heavy atom. The van der Waals surface area contributed by atoms with Crippen molar-refractivity contribution >= 4 is 5.91 Å². The van der Waals surface area contributed by atoms with Crippen molar-refractivity contribution in [3.63, 3.8) is 0 Å². The fourth-order valence-electron chi connectivity index (χ4n) is 2.84. The van der Waals surface area contributed by atoms with Crippen LogP contribution >= 0.6 is 0 Å². The molecule has 0 fully saturated rings. The molecule has 1 amide bonds. The number of rotatable bonds is 8. The van der Waals surface area contributed by atoms with Crippen LogP contribution in [0.25, 0.3) is 0 Å². The van der Waals surface area contributed by atoms with E-state index in [0.717, 1.165) is 18.5 Å². The molecule has 0 aliphatic rings. The zero-order chi connectivity index (χ0) is 18.2. The maximum absolute atomic E-state index is 12.5. The van der Waals surface area contributed by atoms with E-state index in [4.69, 9.17) is 0 Å². The lowest BCUT2D eigenvalue weighted by molar-refractivity contribution is -0.123. The van der Waals surface area contributed by atoms with Crippen LogP contribution in [0.5, 0.6) is 0 Å². The first-order valence-corrected chi connectivity index (χ1v) is 9.15. The Hall–Kier alpha value is -2.13. The van der Waals surface area contributed by atoms with Crippen molar-refractivity contribution in [3.8, 4) is 0 Å². The summed E-state index contributed by atoms with van der Waals surface area (Å²) in [5.41, 5.74) is 3.69. The van der Waals surface area contributed by atoms with Gasteiger partial charge in [0, 0.05) is 12.6 Å². The van der Waals surface area contributed by atoms with Crippen molar-refractivity contribution in [2.45, 2.75) is 52.7 Å². The molecule has 0 spiro atoms. The Bertz CT molecular complexity index is 649. The Morgan fingerprint density at radius 3 is 2.16 bits per heavy atom. The average molecular weight is 338 g/mol. The van der Waals surface area contributed by atoms with Crippen molar-refractivity contribution in [1.82, 2.24) is 10.2 Å². The van der Waals surface area contributed by atoms with Gasteiger partial charge in [0.2, 0.25) is 5.91 Å². The van der Waals surface area contributed by atoms with Gasteiger partial charge in [-0.2, -0.15) is 0 Å². The van der Waals surface area contributed by atoms with E-state index >= 15 is 0 Å². The molecule has 1 atom stereocenters. The Morgan fingerprint density at radius 1 is 0.960 bits per heavy atom. The minimum atomic E-state index is 0.0177. The van der Waals surface area contributed by atoms with Crippen LogP contribution in [0.4, 0.5) is 0 Å². The first-order valence-electron chi connectivity index (χ1n) is 9.15.